The van der Waals surface area contributed by atoms with E-state index in [4.69, 9.17) is 5.11 Å². The molecule has 1 fully saturated rings. The number of nitrogens with zero attached hydrogens (tertiary/aromatic N) is 1. The molecule has 1 N–H and O–H groups in total. The summed E-state index contributed by atoms with van der Waals surface area (Å²) in [6.07, 6.45) is 2.16. The molecule has 1 saturated heterocycles. The van der Waals surface area contributed by atoms with Gasteiger partial charge >= 0.3 is 5.97 Å². The molecule has 0 bridgehead atoms. The summed E-state index contributed by atoms with van der Waals surface area (Å²) in [5.41, 5.74) is 0.221. The van der Waals surface area contributed by atoms with Crippen molar-refractivity contribution in [2.75, 3.05) is 18.8 Å². The van der Waals surface area contributed by atoms with Crippen molar-refractivity contribution in [1.82, 2.24) is 4.90 Å². The van der Waals surface area contributed by atoms with Crippen molar-refractivity contribution < 1.29 is 14.7 Å². The Labute approximate surface area is 124 Å². The van der Waals surface area contributed by atoms with Crippen LogP contribution in [0.2, 0.25) is 0 Å². The SMILES string of the molecule is O=C(O)c1cc(SCC(=O)N2CCCC2)ccc1Br. The standard InChI is InChI=1S/C13H14BrNO3S/c14-11-4-3-9(7-10(11)13(17)18)19-8-12(16)15-5-1-2-6-15/h3-4,7H,1-2,5-6,8H2,(H,17,18). The number of benzene rings is 1. The molecule has 0 atom stereocenters. The van der Waals surface area contributed by atoms with Crippen molar-refractivity contribution >= 4 is 39.6 Å². The Morgan fingerprint density at radius 2 is 2.00 bits per heavy atom. The monoisotopic (exact) mass is 343 g/mol. The van der Waals surface area contributed by atoms with E-state index >= 15 is 0 Å². The first-order valence-electron chi connectivity index (χ1n) is 6.01. The van der Waals surface area contributed by atoms with Crippen LogP contribution in [0.3, 0.4) is 0 Å². The van der Waals surface area contributed by atoms with Crippen LogP contribution in [0.4, 0.5) is 0 Å². The van der Waals surface area contributed by atoms with E-state index in [0.717, 1.165) is 30.8 Å². The number of thioether (sulfide) groups is 1. The minimum Gasteiger partial charge on any atom is -0.478 e. The van der Waals surface area contributed by atoms with Crippen molar-refractivity contribution in [2.24, 2.45) is 0 Å². The summed E-state index contributed by atoms with van der Waals surface area (Å²) in [4.78, 5) is 25.6. The zero-order valence-electron chi connectivity index (χ0n) is 10.3. The number of carbonyl (C=O) groups excluding carboxylic acids is 1. The largest absolute Gasteiger partial charge is 0.478 e. The number of carboxylic acids is 1. The van der Waals surface area contributed by atoms with E-state index in [0.29, 0.717) is 10.2 Å². The molecule has 4 nitrogen and oxygen atoms in total. The Kier molecular flexibility index (Phi) is 4.87. The topological polar surface area (TPSA) is 57.6 Å². The molecule has 1 aromatic rings. The van der Waals surface area contributed by atoms with E-state index in [-0.39, 0.29) is 11.5 Å². The van der Waals surface area contributed by atoms with E-state index in [2.05, 4.69) is 15.9 Å². The lowest BCUT2D eigenvalue weighted by Crippen LogP contribution is -2.29. The summed E-state index contributed by atoms with van der Waals surface area (Å²) in [5, 5.41) is 9.03. The number of aromatic carboxylic acids is 1. The Morgan fingerprint density at radius 3 is 2.63 bits per heavy atom. The Balaban J connectivity index is 1.97. The number of hydrogen-bond donors (Lipinski definition) is 1. The molecule has 0 unspecified atom stereocenters. The molecule has 1 aromatic carbocycles. The minimum absolute atomic E-state index is 0.127. The summed E-state index contributed by atoms with van der Waals surface area (Å²) in [6, 6.07) is 5.11. The molecule has 0 saturated carbocycles. The summed E-state index contributed by atoms with van der Waals surface area (Å²) in [5.74, 6) is -0.483. The molecule has 0 aliphatic carbocycles. The number of carbonyl (C=O) groups is 2. The first-order chi connectivity index (χ1) is 9.08. The fourth-order valence-electron chi connectivity index (χ4n) is 1.96. The van der Waals surface area contributed by atoms with Gasteiger partial charge in [-0.1, -0.05) is 0 Å². The van der Waals surface area contributed by atoms with Gasteiger partial charge in [-0.25, -0.2) is 4.79 Å². The van der Waals surface area contributed by atoms with Crippen molar-refractivity contribution in [3.8, 4) is 0 Å². The molecule has 6 heteroatoms. The molecule has 1 aliphatic heterocycles. The molecule has 19 heavy (non-hydrogen) atoms. The highest BCUT2D eigenvalue weighted by molar-refractivity contribution is 9.10. The molecule has 1 amide bonds. The minimum atomic E-state index is -0.972. The molecule has 1 aliphatic rings. The Hall–Kier alpha value is -1.01. The molecular formula is C13H14BrNO3S. The predicted molar refractivity (Wildman–Crippen MR) is 77.6 cm³/mol. The average Bonchev–Trinajstić information content (AvgIpc) is 2.91. The van der Waals surface area contributed by atoms with Gasteiger partial charge in [-0.15, -0.1) is 11.8 Å². The van der Waals surface area contributed by atoms with E-state index in [1.165, 1.54) is 11.8 Å². The molecule has 2 rings (SSSR count). The van der Waals surface area contributed by atoms with Crippen LogP contribution in [0.1, 0.15) is 23.2 Å². The normalized spacial score (nSPS) is 14.7. The van der Waals surface area contributed by atoms with Crippen molar-refractivity contribution in [2.45, 2.75) is 17.7 Å². The van der Waals surface area contributed by atoms with Gasteiger partial charge in [0.1, 0.15) is 0 Å². The van der Waals surface area contributed by atoms with Gasteiger partial charge in [-0.2, -0.15) is 0 Å². The van der Waals surface area contributed by atoms with Gasteiger partial charge < -0.3 is 10.0 Å². The van der Waals surface area contributed by atoms with Crippen LogP contribution in [0.5, 0.6) is 0 Å². The van der Waals surface area contributed by atoms with Crippen molar-refractivity contribution in [3.63, 3.8) is 0 Å². The maximum Gasteiger partial charge on any atom is 0.336 e. The molecular weight excluding hydrogens is 330 g/mol. The lowest BCUT2D eigenvalue weighted by molar-refractivity contribution is -0.127. The smallest absolute Gasteiger partial charge is 0.336 e. The highest BCUT2D eigenvalue weighted by atomic mass is 79.9. The van der Waals surface area contributed by atoms with Crippen molar-refractivity contribution in [3.05, 3.63) is 28.2 Å². The van der Waals surface area contributed by atoms with Crippen molar-refractivity contribution in [1.29, 1.82) is 0 Å². The van der Waals surface area contributed by atoms with Crippen LogP contribution in [0, 0.1) is 0 Å². The third kappa shape index (κ3) is 3.73. The summed E-state index contributed by atoms with van der Waals surface area (Å²) < 4.78 is 0.551. The maximum atomic E-state index is 11.9. The molecule has 102 valence electrons. The van der Waals surface area contributed by atoms with Crippen LogP contribution in [-0.2, 0) is 4.79 Å². The van der Waals surface area contributed by atoms with Gasteiger partial charge in [0, 0.05) is 22.5 Å². The molecule has 0 aromatic heterocycles. The van der Waals surface area contributed by atoms with Crippen LogP contribution < -0.4 is 0 Å². The second-order valence-electron chi connectivity index (χ2n) is 4.32. The highest BCUT2D eigenvalue weighted by Gasteiger charge is 2.18. The second-order valence-corrected chi connectivity index (χ2v) is 6.23. The average molecular weight is 344 g/mol. The summed E-state index contributed by atoms with van der Waals surface area (Å²) in [6.45, 7) is 1.69. The van der Waals surface area contributed by atoms with Gasteiger partial charge in [0.25, 0.3) is 0 Å². The van der Waals surface area contributed by atoms with Crippen LogP contribution in [0.25, 0.3) is 0 Å². The van der Waals surface area contributed by atoms with E-state index in [1.807, 2.05) is 11.0 Å². The Morgan fingerprint density at radius 1 is 1.32 bits per heavy atom. The lowest BCUT2D eigenvalue weighted by atomic mass is 10.2. The van der Waals surface area contributed by atoms with Gasteiger partial charge in [0.2, 0.25) is 5.91 Å². The number of rotatable bonds is 4. The van der Waals surface area contributed by atoms with Gasteiger partial charge in [0.05, 0.1) is 11.3 Å². The molecule has 0 radical (unpaired) electrons. The highest BCUT2D eigenvalue weighted by Crippen LogP contribution is 2.25. The zero-order chi connectivity index (χ0) is 13.8. The predicted octanol–water partition coefficient (Wildman–Crippen LogP) is 2.86. The first-order valence-corrected chi connectivity index (χ1v) is 7.79. The van der Waals surface area contributed by atoms with Crippen LogP contribution >= 0.6 is 27.7 Å². The number of hydrogen-bond acceptors (Lipinski definition) is 3. The third-order valence-electron chi connectivity index (χ3n) is 2.99. The van der Waals surface area contributed by atoms with E-state index < -0.39 is 5.97 Å². The lowest BCUT2D eigenvalue weighted by Gasteiger charge is -2.14. The third-order valence-corrected chi connectivity index (χ3v) is 4.66. The number of carboxylic acid groups (broad SMARTS) is 1. The number of likely N-dealkylation sites (tertiary alicyclic amines) is 1. The molecule has 1 heterocycles. The van der Waals surface area contributed by atoms with Crippen LogP contribution in [0.15, 0.2) is 27.6 Å². The zero-order valence-corrected chi connectivity index (χ0v) is 12.7. The quantitative estimate of drug-likeness (QED) is 0.854. The van der Waals surface area contributed by atoms with Gasteiger partial charge in [-0.05, 0) is 47.0 Å². The first kappa shape index (κ1) is 14.4. The summed E-state index contributed by atoms with van der Waals surface area (Å²) in [7, 11) is 0. The molecule has 0 spiro atoms. The van der Waals surface area contributed by atoms with E-state index in [1.54, 1.807) is 12.1 Å². The number of amides is 1. The fraction of sp³-hybridized carbons (Fsp3) is 0.385. The number of halogens is 1. The van der Waals surface area contributed by atoms with Crippen LogP contribution in [-0.4, -0.2) is 40.7 Å². The van der Waals surface area contributed by atoms with Gasteiger partial charge in [-0.3, -0.25) is 4.79 Å². The summed E-state index contributed by atoms with van der Waals surface area (Å²) >= 11 is 4.58. The van der Waals surface area contributed by atoms with E-state index in [9.17, 15) is 9.59 Å². The fourth-order valence-corrected chi connectivity index (χ4v) is 3.22. The maximum absolute atomic E-state index is 11.9. The second kappa shape index (κ2) is 6.43. The van der Waals surface area contributed by atoms with Gasteiger partial charge in [0.15, 0.2) is 0 Å². The Bertz CT molecular complexity index is 501.